The summed E-state index contributed by atoms with van der Waals surface area (Å²) in [6.45, 7) is 1.56. The molecule has 0 radical (unpaired) electrons. The zero-order chi connectivity index (χ0) is 14.7. The maximum Gasteiger partial charge on any atom is 0.269 e. The Balaban J connectivity index is 2.32. The first-order chi connectivity index (χ1) is 9.49. The van der Waals surface area contributed by atoms with Crippen LogP contribution in [0.15, 0.2) is 52.3 Å². The number of rotatable bonds is 4. The molecule has 104 valence electrons. The van der Waals surface area contributed by atoms with Crippen molar-refractivity contribution in [3.8, 4) is 0 Å². The Morgan fingerprint density at radius 1 is 1.25 bits per heavy atom. The Morgan fingerprint density at radius 3 is 2.45 bits per heavy atom. The van der Waals surface area contributed by atoms with Crippen LogP contribution in [0.1, 0.15) is 18.6 Å². The van der Waals surface area contributed by atoms with Crippen LogP contribution in [0.5, 0.6) is 0 Å². The Hall–Kier alpha value is -1.92. The summed E-state index contributed by atoms with van der Waals surface area (Å²) in [7, 11) is 0. The number of aliphatic hydroxyl groups excluding tert-OH is 1. The van der Waals surface area contributed by atoms with Crippen LogP contribution in [0.4, 0.5) is 10.1 Å². The maximum absolute atomic E-state index is 13.9. The fourth-order valence-corrected chi connectivity index (χ4v) is 2.75. The van der Waals surface area contributed by atoms with Crippen molar-refractivity contribution in [3.63, 3.8) is 0 Å². The zero-order valence-corrected chi connectivity index (χ0v) is 11.4. The lowest BCUT2D eigenvalue weighted by Crippen LogP contribution is -1.96. The van der Waals surface area contributed by atoms with Crippen molar-refractivity contribution in [2.45, 2.75) is 22.8 Å². The number of nitro benzene ring substituents is 1. The highest BCUT2D eigenvalue weighted by Crippen LogP contribution is 2.35. The molecule has 0 spiro atoms. The predicted octanol–water partition coefficient (Wildman–Crippen LogP) is 3.94. The van der Waals surface area contributed by atoms with Crippen LogP contribution < -0.4 is 0 Å². The average Bonchev–Trinajstić information content (AvgIpc) is 2.41. The molecule has 0 heterocycles. The molecule has 2 aromatic rings. The fourth-order valence-electron chi connectivity index (χ4n) is 1.72. The molecule has 0 aliphatic carbocycles. The van der Waals surface area contributed by atoms with Crippen molar-refractivity contribution < 1.29 is 14.4 Å². The molecule has 2 rings (SSSR count). The van der Waals surface area contributed by atoms with E-state index in [-0.39, 0.29) is 5.69 Å². The Morgan fingerprint density at radius 2 is 1.90 bits per heavy atom. The van der Waals surface area contributed by atoms with Gasteiger partial charge in [0.1, 0.15) is 5.82 Å². The molecule has 4 nitrogen and oxygen atoms in total. The van der Waals surface area contributed by atoms with E-state index >= 15 is 0 Å². The fraction of sp³-hybridized carbons (Fsp3) is 0.143. The predicted molar refractivity (Wildman–Crippen MR) is 74.3 cm³/mol. The topological polar surface area (TPSA) is 63.4 Å². The summed E-state index contributed by atoms with van der Waals surface area (Å²) < 4.78 is 13.9. The molecule has 0 aliphatic heterocycles. The molecule has 0 unspecified atom stereocenters. The lowest BCUT2D eigenvalue weighted by atomic mass is 10.1. The van der Waals surface area contributed by atoms with Crippen LogP contribution in [0.25, 0.3) is 0 Å². The van der Waals surface area contributed by atoms with Crippen molar-refractivity contribution >= 4 is 17.4 Å². The van der Waals surface area contributed by atoms with Crippen LogP contribution >= 0.6 is 11.8 Å². The minimum absolute atomic E-state index is 0.0152. The number of hydrogen-bond donors (Lipinski definition) is 1. The van der Waals surface area contributed by atoms with Gasteiger partial charge in [-0.3, -0.25) is 10.1 Å². The van der Waals surface area contributed by atoms with Gasteiger partial charge in [-0.05, 0) is 30.7 Å². The van der Waals surface area contributed by atoms with Gasteiger partial charge in [0, 0.05) is 17.0 Å². The van der Waals surface area contributed by atoms with E-state index in [1.807, 2.05) is 0 Å². The maximum atomic E-state index is 13.9. The molecular formula is C14H12FNO3S. The van der Waals surface area contributed by atoms with Gasteiger partial charge in [-0.1, -0.05) is 23.9 Å². The normalized spacial score (nSPS) is 12.2. The minimum Gasteiger partial charge on any atom is -0.389 e. The number of nitrogens with zero attached hydrogens (tertiary/aromatic N) is 1. The molecule has 1 N–H and O–H groups in total. The Bertz CT molecular complexity index is 629. The summed E-state index contributed by atoms with van der Waals surface area (Å²) in [5.74, 6) is -0.424. The van der Waals surface area contributed by atoms with Crippen LogP contribution in [0.2, 0.25) is 0 Å². The van der Waals surface area contributed by atoms with Gasteiger partial charge in [0.15, 0.2) is 0 Å². The number of benzene rings is 2. The standard InChI is InChI=1S/C14H12FNO3S/c1-9(17)12-3-2-4-13(15)14(12)20-11-7-5-10(6-8-11)16(18)19/h2-9,17H,1H3/t9-/m0/s1. The van der Waals surface area contributed by atoms with E-state index in [1.54, 1.807) is 25.1 Å². The number of hydrogen-bond acceptors (Lipinski definition) is 4. The second-order valence-electron chi connectivity index (χ2n) is 4.19. The van der Waals surface area contributed by atoms with Crippen LogP contribution in [0.3, 0.4) is 0 Å². The van der Waals surface area contributed by atoms with Crippen molar-refractivity contribution in [2.24, 2.45) is 0 Å². The van der Waals surface area contributed by atoms with E-state index in [0.29, 0.717) is 15.4 Å². The molecule has 0 aliphatic rings. The molecule has 0 fully saturated rings. The first-order valence-corrected chi connectivity index (χ1v) is 6.69. The van der Waals surface area contributed by atoms with E-state index in [4.69, 9.17) is 0 Å². The summed E-state index contributed by atoms with van der Waals surface area (Å²) in [6.07, 6.45) is -0.786. The lowest BCUT2D eigenvalue weighted by Gasteiger charge is -2.12. The van der Waals surface area contributed by atoms with E-state index in [1.165, 1.54) is 24.3 Å². The van der Waals surface area contributed by atoms with Gasteiger partial charge >= 0.3 is 0 Å². The summed E-state index contributed by atoms with van der Waals surface area (Å²) in [5.41, 5.74) is 0.479. The van der Waals surface area contributed by atoms with E-state index in [2.05, 4.69) is 0 Å². The molecule has 20 heavy (non-hydrogen) atoms. The van der Waals surface area contributed by atoms with Gasteiger partial charge in [0.25, 0.3) is 5.69 Å². The van der Waals surface area contributed by atoms with Crippen LogP contribution in [-0.4, -0.2) is 10.0 Å². The monoisotopic (exact) mass is 293 g/mol. The smallest absolute Gasteiger partial charge is 0.269 e. The third kappa shape index (κ3) is 3.15. The van der Waals surface area contributed by atoms with Crippen molar-refractivity contribution in [3.05, 3.63) is 64.0 Å². The molecule has 0 bridgehead atoms. The Labute approximate surface area is 119 Å². The van der Waals surface area contributed by atoms with Gasteiger partial charge in [-0.25, -0.2) is 4.39 Å². The van der Waals surface area contributed by atoms with Crippen molar-refractivity contribution in [1.82, 2.24) is 0 Å². The highest BCUT2D eigenvalue weighted by atomic mass is 32.2. The molecule has 6 heteroatoms. The van der Waals surface area contributed by atoms with Gasteiger partial charge < -0.3 is 5.11 Å². The third-order valence-corrected chi connectivity index (χ3v) is 3.86. The molecule has 1 atom stereocenters. The van der Waals surface area contributed by atoms with Gasteiger partial charge in [0.2, 0.25) is 0 Å². The Kier molecular flexibility index (Phi) is 4.36. The SMILES string of the molecule is C[C@H](O)c1cccc(F)c1Sc1ccc([N+](=O)[O-])cc1. The summed E-state index contributed by atoms with van der Waals surface area (Å²) >= 11 is 1.13. The largest absolute Gasteiger partial charge is 0.389 e. The molecule has 0 aromatic heterocycles. The average molecular weight is 293 g/mol. The van der Waals surface area contributed by atoms with E-state index in [9.17, 15) is 19.6 Å². The second kappa shape index (κ2) is 6.02. The van der Waals surface area contributed by atoms with Crippen LogP contribution in [-0.2, 0) is 0 Å². The number of halogens is 1. The van der Waals surface area contributed by atoms with E-state index < -0.39 is 16.8 Å². The molecular weight excluding hydrogens is 281 g/mol. The molecule has 0 saturated carbocycles. The highest BCUT2D eigenvalue weighted by molar-refractivity contribution is 7.99. The first-order valence-electron chi connectivity index (χ1n) is 5.88. The third-order valence-electron chi connectivity index (χ3n) is 2.71. The quantitative estimate of drug-likeness (QED) is 0.685. The van der Waals surface area contributed by atoms with Gasteiger partial charge in [-0.2, -0.15) is 0 Å². The number of non-ortho nitro benzene ring substituents is 1. The minimum atomic E-state index is -0.786. The second-order valence-corrected chi connectivity index (χ2v) is 5.27. The van der Waals surface area contributed by atoms with Gasteiger partial charge in [0.05, 0.1) is 15.9 Å². The summed E-state index contributed by atoms with van der Waals surface area (Å²) in [6, 6.07) is 10.4. The highest BCUT2D eigenvalue weighted by Gasteiger charge is 2.14. The summed E-state index contributed by atoms with van der Waals surface area (Å²) in [4.78, 5) is 11.1. The van der Waals surface area contributed by atoms with Crippen molar-refractivity contribution in [2.75, 3.05) is 0 Å². The molecule has 0 amide bonds. The first kappa shape index (κ1) is 14.5. The van der Waals surface area contributed by atoms with E-state index in [0.717, 1.165) is 11.8 Å². The number of nitro groups is 1. The lowest BCUT2D eigenvalue weighted by molar-refractivity contribution is -0.384. The van der Waals surface area contributed by atoms with Gasteiger partial charge in [-0.15, -0.1) is 0 Å². The zero-order valence-electron chi connectivity index (χ0n) is 10.6. The van der Waals surface area contributed by atoms with Crippen molar-refractivity contribution in [1.29, 1.82) is 0 Å². The molecule has 2 aromatic carbocycles. The van der Waals surface area contributed by atoms with Crippen LogP contribution in [0, 0.1) is 15.9 Å². The summed E-state index contributed by atoms with van der Waals surface area (Å²) in [5, 5.41) is 20.2. The number of aliphatic hydroxyl groups is 1. The molecule has 0 saturated heterocycles.